The average Bonchev–Trinajstić information content (AvgIpc) is 3.35. The molecule has 2 heterocycles. The van der Waals surface area contributed by atoms with E-state index in [0.717, 1.165) is 18.7 Å². The minimum absolute atomic E-state index is 0.127. The van der Waals surface area contributed by atoms with Gasteiger partial charge in [-0.15, -0.1) is 0 Å². The van der Waals surface area contributed by atoms with Crippen molar-refractivity contribution in [1.29, 1.82) is 0 Å². The molecule has 1 aromatic heterocycles. The van der Waals surface area contributed by atoms with Crippen LogP contribution in [0.2, 0.25) is 0 Å². The van der Waals surface area contributed by atoms with Crippen molar-refractivity contribution in [2.24, 2.45) is 0 Å². The van der Waals surface area contributed by atoms with Gasteiger partial charge in [-0.2, -0.15) is 0 Å². The Balaban J connectivity index is 1.63. The quantitative estimate of drug-likeness (QED) is 0.865. The topological polar surface area (TPSA) is 65.8 Å². The van der Waals surface area contributed by atoms with Crippen molar-refractivity contribution < 1.29 is 14.0 Å². The number of likely N-dealkylation sites (N-methyl/N-ethyl adjacent to an activating group) is 1. The van der Waals surface area contributed by atoms with Crippen LogP contribution in [0.3, 0.4) is 0 Å². The van der Waals surface area contributed by atoms with E-state index in [-0.39, 0.29) is 11.8 Å². The Labute approximate surface area is 153 Å². The minimum Gasteiger partial charge on any atom is -0.472 e. The fourth-order valence-corrected chi connectivity index (χ4v) is 3.31. The molecule has 0 bridgehead atoms. The zero-order valence-electron chi connectivity index (χ0n) is 15.3. The number of amides is 2. The summed E-state index contributed by atoms with van der Waals surface area (Å²) in [6.45, 7) is 4.33. The van der Waals surface area contributed by atoms with Gasteiger partial charge in [0.25, 0.3) is 5.91 Å². The van der Waals surface area contributed by atoms with Crippen LogP contribution in [-0.4, -0.2) is 42.9 Å². The molecule has 6 heteroatoms. The molecule has 138 valence electrons. The molecule has 1 aliphatic heterocycles. The molecule has 2 amide bonds. The first-order chi connectivity index (χ1) is 12.6. The summed E-state index contributed by atoms with van der Waals surface area (Å²) >= 11 is 0. The Morgan fingerprint density at radius 1 is 1.23 bits per heavy atom. The predicted octanol–water partition coefficient (Wildman–Crippen LogP) is 2.66. The lowest BCUT2D eigenvalue weighted by molar-refractivity contribution is -0.132. The molecule has 1 N–H and O–H groups in total. The van der Waals surface area contributed by atoms with Crippen LogP contribution in [0, 0.1) is 0 Å². The molecule has 1 atom stereocenters. The monoisotopic (exact) mass is 355 g/mol. The summed E-state index contributed by atoms with van der Waals surface area (Å²) in [4.78, 5) is 28.8. The van der Waals surface area contributed by atoms with Gasteiger partial charge >= 0.3 is 0 Å². The molecule has 1 aromatic carbocycles. The van der Waals surface area contributed by atoms with Gasteiger partial charge in [-0.25, -0.2) is 0 Å². The lowest BCUT2D eigenvalue weighted by Gasteiger charge is -2.26. The van der Waals surface area contributed by atoms with E-state index in [1.165, 1.54) is 31.1 Å². The predicted molar refractivity (Wildman–Crippen MR) is 100.0 cm³/mol. The van der Waals surface area contributed by atoms with Crippen molar-refractivity contribution in [2.45, 2.75) is 32.4 Å². The number of anilines is 1. The summed E-state index contributed by atoms with van der Waals surface area (Å²) in [5, 5.41) is 2.72. The summed E-state index contributed by atoms with van der Waals surface area (Å²) < 4.78 is 4.91. The van der Waals surface area contributed by atoms with E-state index in [2.05, 4.69) is 22.3 Å². The van der Waals surface area contributed by atoms with Gasteiger partial charge in [0.2, 0.25) is 5.91 Å². The second-order valence-corrected chi connectivity index (χ2v) is 6.72. The number of hydrogen-bond donors (Lipinski definition) is 1. The first-order valence-electron chi connectivity index (χ1n) is 8.97. The third-order valence-corrected chi connectivity index (χ3v) is 4.72. The van der Waals surface area contributed by atoms with Crippen LogP contribution in [0.25, 0.3) is 0 Å². The van der Waals surface area contributed by atoms with Gasteiger partial charge < -0.3 is 19.5 Å². The third-order valence-electron chi connectivity index (χ3n) is 4.72. The molecule has 3 rings (SSSR count). The Kier molecular flexibility index (Phi) is 5.61. The molecule has 26 heavy (non-hydrogen) atoms. The number of para-hydroxylation sites is 1. The average molecular weight is 355 g/mol. The molecule has 0 aliphatic carbocycles. The molecule has 1 saturated heterocycles. The largest absolute Gasteiger partial charge is 0.472 e. The smallest absolute Gasteiger partial charge is 0.255 e. The number of furan rings is 1. The standard InChI is InChI=1S/C20H25N3O3/c1-15(21-19(24)17-9-12-26-14-17)20(25)22(2)13-16-7-3-4-8-18(16)23-10-5-6-11-23/h3-4,7-9,12,14-15H,5-6,10-11,13H2,1-2H3,(H,21,24). The van der Waals surface area contributed by atoms with Crippen molar-refractivity contribution in [3.05, 3.63) is 54.0 Å². The van der Waals surface area contributed by atoms with E-state index in [9.17, 15) is 9.59 Å². The number of nitrogens with one attached hydrogen (secondary N) is 1. The van der Waals surface area contributed by atoms with Crippen LogP contribution < -0.4 is 10.2 Å². The maximum absolute atomic E-state index is 12.7. The van der Waals surface area contributed by atoms with E-state index < -0.39 is 6.04 Å². The number of carbonyl (C=O) groups excluding carboxylic acids is 2. The Morgan fingerprint density at radius 3 is 2.65 bits per heavy atom. The first kappa shape index (κ1) is 18.0. The Hall–Kier alpha value is -2.76. The number of hydrogen-bond acceptors (Lipinski definition) is 4. The molecule has 2 aromatic rings. The van der Waals surface area contributed by atoms with Crippen LogP contribution in [0.4, 0.5) is 5.69 Å². The molecule has 0 spiro atoms. The molecule has 0 saturated carbocycles. The highest BCUT2D eigenvalue weighted by Gasteiger charge is 2.22. The highest BCUT2D eigenvalue weighted by Crippen LogP contribution is 2.25. The fourth-order valence-electron chi connectivity index (χ4n) is 3.31. The van der Waals surface area contributed by atoms with E-state index in [4.69, 9.17) is 4.42 Å². The van der Waals surface area contributed by atoms with Gasteiger partial charge in [0.15, 0.2) is 0 Å². The molecule has 1 fully saturated rings. The first-order valence-corrected chi connectivity index (χ1v) is 8.97. The van der Waals surface area contributed by atoms with E-state index in [1.807, 2.05) is 12.1 Å². The molecule has 1 aliphatic rings. The Morgan fingerprint density at radius 2 is 1.96 bits per heavy atom. The highest BCUT2D eigenvalue weighted by molar-refractivity contribution is 5.97. The molecular formula is C20H25N3O3. The maximum atomic E-state index is 12.7. The SMILES string of the molecule is CC(NC(=O)c1ccoc1)C(=O)N(C)Cc1ccccc1N1CCCC1. The number of carbonyl (C=O) groups is 2. The van der Waals surface area contributed by atoms with Gasteiger partial charge in [-0.3, -0.25) is 9.59 Å². The van der Waals surface area contributed by atoms with E-state index in [1.54, 1.807) is 24.9 Å². The van der Waals surface area contributed by atoms with Gasteiger partial charge in [0, 0.05) is 32.4 Å². The normalized spacial score (nSPS) is 14.9. The summed E-state index contributed by atoms with van der Waals surface area (Å²) in [5.74, 6) is -0.441. The van der Waals surface area contributed by atoms with Crippen molar-refractivity contribution in [2.75, 3.05) is 25.0 Å². The van der Waals surface area contributed by atoms with E-state index in [0.29, 0.717) is 12.1 Å². The second-order valence-electron chi connectivity index (χ2n) is 6.72. The van der Waals surface area contributed by atoms with Crippen LogP contribution in [0.15, 0.2) is 47.3 Å². The van der Waals surface area contributed by atoms with Gasteiger partial charge in [-0.1, -0.05) is 18.2 Å². The summed E-state index contributed by atoms with van der Waals surface area (Å²) in [6, 6.07) is 9.17. The molecule has 6 nitrogen and oxygen atoms in total. The summed E-state index contributed by atoms with van der Waals surface area (Å²) in [6.07, 6.45) is 5.21. The lowest BCUT2D eigenvalue weighted by Crippen LogP contribution is -2.45. The number of rotatable bonds is 6. The van der Waals surface area contributed by atoms with Crippen molar-refractivity contribution in [1.82, 2.24) is 10.2 Å². The van der Waals surface area contributed by atoms with Crippen LogP contribution in [0.5, 0.6) is 0 Å². The van der Waals surface area contributed by atoms with Gasteiger partial charge in [0.1, 0.15) is 12.3 Å². The molecular weight excluding hydrogens is 330 g/mol. The highest BCUT2D eigenvalue weighted by atomic mass is 16.3. The second kappa shape index (κ2) is 8.08. The van der Waals surface area contributed by atoms with Crippen molar-refractivity contribution in [3.63, 3.8) is 0 Å². The van der Waals surface area contributed by atoms with Crippen molar-refractivity contribution >= 4 is 17.5 Å². The number of benzene rings is 1. The molecule has 1 unspecified atom stereocenters. The van der Waals surface area contributed by atoms with Crippen LogP contribution in [-0.2, 0) is 11.3 Å². The van der Waals surface area contributed by atoms with Crippen LogP contribution >= 0.6 is 0 Å². The van der Waals surface area contributed by atoms with Crippen LogP contribution in [0.1, 0.15) is 35.7 Å². The van der Waals surface area contributed by atoms with E-state index >= 15 is 0 Å². The lowest BCUT2D eigenvalue weighted by atomic mass is 10.1. The van der Waals surface area contributed by atoms with Gasteiger partial charge in [-0.05, 0) is 37.5 Å². The zero-order valence-corrected chi connectivity index (χ0v) is 15.3. The summed E-state index contributed by atoms with van der Waals surface area (Å²) in [7, 11) is 1.77. The van der Waals surface area contributed by atoms with Crippen molar-refractivity contribution in [3.8, 4) is 0 Å². The van der Waals surface area contributed by atoms with Gasteiger partial charge in [0.05, 0.1) is 11.8 Å². The Bertz CT molecular complexity index is 751. The minimum atomic E-state index is -0.610. The number of nitrogens with zero attached hydrogens (tertiary/aromatic N) is 2. The zero-order chi connectivity index (χ0) is 18.5. The molecule has 0 radical (unpaired) electrons. The maximum Gasteiger partial charge on any atom is 0.255 e. The third kappa shape index (κ3) is 4.07. The fraction of sp³-hybridized carbons (Fsp3) is 0.400. The summed E-state index contributed by atoms with van der Waals surface area (Å²) in [5.41, 5.74) is 2.73.